The predicted octanol–water partition coefficient (Wildman–Crippen LogP) is 3.58. The van der Waals surface area contributed by atoms with Crippen LogP contribution in [0.1, 0.15) is 50.7 Å². The van der Waals surface area contributed by atoms with Crippen molar-refractivity contribution in [2.24, 2.45) is 0 Å². The summed E-state index contributed by atoms with van der Waals surface area (Å²) in [5.74, 6) is 1.01. The fourth-order valence-corrected chi connectivity index (χ4v) is 3.47. The molecule has 0 saturated carbocycles. The summed E-state index contributed by atoms with van der Waals surface area (Å²) in [4.78, 5) is 0. The van der Waals surface area contributed by atoms with Gasteiger partial charge in [-0.3, -0.25) is 0 Å². The molecule has 116 valence electrons. The quantitative estimate of drug-likeness (QED) is 0.898. The maximum absolute atomic E-state index is 6.33. The van der Waals surface area contributed by atoms with E-state index in [1.807, 2.05) is 0 Å². The number of ether oxygens (including phenoxy) is 2. The Morgan fingerprint density at radius 3 is 2.57 bits per heavy atom. The molecule has 2 aliphatic heterocycles. The summed E-state index contributed by atoms with van der Waals surface area (Å²) >= 11 is 0. The predicted molar refractivity (Wildman–Crippen MR) is 84.7 cm³/mol. The van der Waals surface area contributed by atoms with E-state index in [9.17, 15) is 0 Å². The van der Waals surface area contributed by atoms with E-state index in [-0.39, 0.29) is 6.10 Å². The maximum Gasteiger partial charge on any atom is 0.125 e. The molecule has 21 heavy (non-hydrogen) atoms. The first kappa shape index (κ1) is 14.9. The molecule has 2 bridgehead atoms. The molecule has 3 atom stereocenters. The van der Waals surface area contributed by atoms with Crippen LogP contribution in [-0.2, 0) is 11.3 Å². The van der Waals surface area contributed by atoms with Gasteiger partial charge >= 0.3 is 0 Å². The molecule has 1 aromatic rings. The first-order chi connectivity index (χ1) is 10.1. The summed E-state index contributed by atoms with van der Waals surface area (Å²) in [6.07, 6.45) is 5.48. The summed E-state index contributed by atoms with van der Waals surface area (Å²) < 4.78 is 12.1. The van der Waals surface area contributed by atoms with Gasteiger partial charge in [0.2, 0.25) is 0 Å². The van der Waals surface area contributed by atoms with Crippen molar-refractivity contribution in [1.29, 1.82) is 0 Å². The van der Waals surface area contributed by atoms with Crippen molar-refractivity contribution in [2.45, 2.75) is 77.4 Å². The summed E-state index contributed by atoms with van der Waals surface area (Å²) in [6, 6.07) is 7.75. The molecule has 3 heteroatoms. The minimum Gasteiger partial charge on any atom is -0.490 e. The Balaban J connectivity index is 1.69. The largest absolute Gasteiger partial charge is 0.490 e. The number of fused-ring (bicyclic) bond motifs is 2. The van der Waals surface area contributed by atoms with E-state index in [4.69, 9.17) is 9.47 Å². The second kappa shape index (κ2) is 6.37. The Kier molecular flexibility index (Phi) is 4.51. The molecule has 2 aliphatic rings. The Hall–Kier alpha value is -1.06. The molecule has 1 N–H and O–H groups in total. The second-order valence-electron chi connectivity index (χ2n) is 6.82. The molecule has 0 aromatic heterocycles. The Morgan fingerprint density at radius 1 is 1.19 bits per heavy atom. The van der Waals surface area contributed by atoms with Gasteiger partial charge in [0.1, 0.15) is 11.9 Å². The lowest BCUT2D eigenvalue weighted by Crippen LogP contribution is -2.42. The zero-order chi connectivity index (χ0) is 14.8. The molecular formula is C18H27NO2. The van der Waals surface area contributed by atoms with Crippen molar-refractivity contribution in [3.05, 3.63) is 29.3 Å². The first-order valence-corrected chi connectivity index (χ1v) is 8.24. The number of hydrogen-bond donors (Lipinski definition) is 1. The Morgan fingerprint density at radius 2 is 1.90 bits per heavy atom. The third-order valence-electron chi connectivity index (χ3n) is 4.51. The minimum atomic E-state index is 0.244. The Bertz CT molecular complexity index is 474. The molecule has 2 saturated heterocycles. The van der Waals surface area contributed by atoms with E-state index < -0.39 is 0 Å². The summed E-state index contributed by atoms with van der Waals surface area (Å²) in [5.41, 5.74) is 2.43. The molecule has 2 heterocycles. The summed E-state index contributed by atoms with van der Waals surface area (Å²) in [7, 11) is 0. The van der Waals surface area contributed by atoms with E-state index in [0.29, 0.717) is 24.8 Å². The monoisotopic (exact) mass is 289 g/mol. The topological polar surface area (TPSA) is 30.5 Å². The molecule has 0 radical (unpaired) electrons. The number of nitrogens with one attached hydrogen (secondary N) is 1. The van der Waals surface area contributed by atoms with Crippen LogP contribution in [0, 0.1) is 6.92 Å². The zero-order valence-electron chi connectivity index (χ0n) is 13.4. The summed E-state index contributed by atoms with van der Waals surface area (Å²) in [5, 5.41) is 3.67. The highest BCUT2D eigenvalue weighted by Gasteiger charge is 2.34. The van der Waals surface area contributed by atoms with Crippen molar-refractivity contribution in [3.8, 4) is 5.75 Å². The molecule has 3 nitrogen and oxygen atoms in total. The van der Waals surface area contributed by atoms with Crippen LogP contribution < -0.4 is 10.1 Å². The van der Waals surface area contributed by atoms with E-state index in [1.165, 1.54) is 24.0 Å². The van der Waals surface area contributed by atoms with Gasteiger partial charge in [-0.25, -0.2) is 0 Å². The van der Waals surface area contributed by atoms with Crippen LogP contribution in [0.4, 0.5) is 0 Å². The van der Waals surface area contributed by atoms with Crippen molar-refractivity contribution < 1.29 is 9.47 Å². The molecule has 1 unspecified atom stereocenters. The average molecular weight is 289 g/mol. The molecule has 0 spiro atoms. The van der Waals surface area contributed by atoms with E-state index in [2.05, 4.69) is 44.3 Å². The smallest absolute Gasteiger partial charge is 0.125 e. The third kappa shape index (κ3) is 3.78. The van der Waals surface area contributed by atoms with Crippen LogP contribution in [-0.4, -0.2) is 24.3 Å². The maximum atomic E-state index is 6.33. The molecule has 3 rings (SSSR count). The van der Waals surface area contributed by atoms with Crippen LogP contribution in [0.2, 0.25) is 0 Å². The van der Waals surface area contributed by atoms with Crippen LogP contribution in [0.3, 0.4) is 0 Å². The number of hydrogen-bond acceptors (Lipinski definition) is 3. The molecule has 0 amide bonds. The standard InChI is InChI=1S/C18H27NO2/c1-12(2)20-11-14-8-13(3)4-7-18(14)21-17-9-15-5-6-16(10-17)19-15/h4,7-8,12,15-17,19H,5-6,9-11H2,1-3H3/t15-,16+,17?. The van der Waals surface area contributed by atoms with Gasteiger partial charge in [0, 0.05) is 17.6 Å². The van der Waals surface area contributed by atoms with Gasteiger partial charge in [-0.15, -0.1) is 0 Å². The van der Waals surface area contributed by atoms with Gasteiger partial charge in [-0.05, 0) is 52.5 Å². The normalized spacial score (nSPS) is 28.1. The van der Waals surface area contributed by atoms with E-state index >= 15 is 0 Å². The third-order valence-corrected chi connectivity index (χ3v) is 4.51. The van der Waals surface area contributed by atoms with E-state index in [1.54, 1.807) is 0 Å². The van der Waals surface area contributed by atoms with Crippen molar-refractivity contribution in [3.63, 3.8) is 0 Å². The molecule has 2 fully saturated rings. The minimum absolute atomic E-state index is 0.244. The second-order valence-corrected chi connectivity index (χ2v) is 6.82. The zero-order valence-corrected chi connectivity index (χ0v) is 13.4. The van der Waals surface area contributed by atoms with Crippen molar-refractivity contribution in [2.75, 3.05) is 0 Å². The lowest BCUT2D eigenvalue weighted by Gasteiger charge is -2.30. The number of aryl methyl sites for hydroxylation is 1. The fraction of sp³-hybridized carbons (Fsp3) is 0.667. The van der Waals surface area contributed by atoms with Gasteiger partial charge in [-0.1, -0.05) is 17.7 Å². The lowest BCUT2D eigenvalue weighted by atomic mass is 10.0. The first-order valence-electron chi connectivity index (χ1n) is 8.24. The average Bonchev–Trinajstić information content (AvgIpc) is 2.78. The highest BCUT2D eigenvalue weighted by atomic mass is 16.5. The number of benzene rings is 1. The van der Waals surface area contributed by atoms with Crippen LogP contribution in [0.5, 0.6) is 5.75 Å². The number of piperidine rings is 1. The molecule has 1 aromatic carbocycles. The van der Waals surface area contributed by atoms with Crippen molar-refractivity contribution >= 4 is 0 Å². The van der Waals surface area contributed by atoms with Crippen LogP contribution in [0.15, 0.2) is 18.2 Å². The summed E-state index contributed by atoms with van der Waals surface area (Å²) in [6.45, 7) is 6.89. The van der Waals surface area contributed by atoms with Crippen LogP contribution in [0.25, 0.3) is 0 Å². The van der Waals surface area contributed by atoms with Gasteiger partial charge in [0.05, 0.1) is 12.7 Å². The van der Waals surface area contributed by atoms with Gasteiger partial charge in [0.15, 0.2) is 0 Å². The highest BCUT2D eigenvalue weighted by molar-refractivity contribution is 5.36. The SMILES string of the molecule is Cc1ccc(OC2C[C@H]3CC[C@@H](C2)N3)c(COC(C)C)c1. The Labute approximate surface area is 128 Å². The van der Waals surface area contributed by atoms with E-state index in [0.717, 1.165) is 18.6 Å². The highest BCUT2D eigenvalue weighted by Crippen LogP contribution is 2.31. The van der Waals surface area contributed by atoms with Crippen molar-refractivity contribution in [1.82, 2.24) is 5.32 Å². The molecular weight excluding hydrogens is 262 g/mol. The number of rotatable bonds is 5. The van der Waals surface area contributed by atoms with Gasteiger partial charge in [-0.2, -0.15) is 0 Å². The fourth-order valence-electron chi connectivity index (χ4n) is 3.47. The van der Waals surface area contributed by atoms with Gasteiger partial charge < -0.3 is 14.8 Å². The lowest BCUT2D eigenvalue weighted by molar-refractivity contribution is 0.0615. The molecule has 0 aliphatic carbocycles. The van der Waals surface area contributed by atoms with Gasteiger partial charge in [0.25, 0.3) is 0 Å². The van der Waals surface area contributed by atoms with Crippen LogP contribution >= 0.6 is 0 Å².